The van der Waals surface area contributed by atoms with Gasteiger partial charge in [0.15, 0.2) is 5.78 Å². The van der Waals surface area contributed by atoms with Crippen molar-refractivity contribution in [2.75, 3.05) is 23.7 Å². The minimum absolute atomic E-state index is 0.00579. The molecular formula is C13H18N4OS. The van der Waals surface area contributed by atoms with Crippen LogP contribution in [0.5, 0.6) is 0 Å². The standard InChI is InChI=1S/C13H18N4OS/c1-7(2)11(18)12-10(16)9(5-14)13(19-12)17-4-3-8(15)6-17/h7-8H,3-4,6,15-16H2,1-2H3. The van der Waals surface area contributed by atoms with Gasteiger partial charge < -0.3 is 16.4 Å². The van der Waals surface area contributed by atoms with E-state index in [0.717, 1.165) is 18.0 Å². The van der Waals surface area contributed by atoms with Crippen LogP contribution >= 0.6 is 11.3 Å². The molecule has 1 aromatic rings. The van der Waals surface area contributed by atoms with Gasteiger partial charge in [-0.3, -0.25) is 4.79 Å². The molecule has 1 unspecified atom stereocenters. The second kappa shape index (κ2) is 5.19. The van der Waals surface area contributed by atoms with E-state index in [1.165, 1.54) is 11.3 Å². The van der Waals surface area contributed by atoms with E-state index in [4.69, 9.17) is 11.5 Å². The van der Waals surface area contributed by atoms with E-state index >= 15 is 0 Å². The lowest BCUT2D eigenvalue weighted by atomic mass is 10.1. The molecule has 19 heavy (non-hydrogen) atoms. The number of hydrogen-bond acceptors (Lipinski definition) is 6. The minimum atomic E-state index is -0.124. The maximum atomic E-state index is 12.1. The normalized spacial score (nSPS) is 18.9. The SMILES string of the molecule is CC(C)C(=O)c1sc(N2CCC(N)C2)c(C#N)c1N. The quantitative estimate of drug-likeness (QED) is 0.818. The first-order valence-corrected chi connectivity index (χ1v) is 7.14. The number of anilines is 2. The van der Waals surface area contributed by atoms with Crippen LogP contribution in [0.3, 0.4) is 0 Å². The average Bonchev–Trinajstić information content (AvgIpc) is 2.92. The Morgan fingerprint density at radius 2 is 2.26 bits per heavy atom. The van der Waals surface area contributed by atoms with Gasteiger partial charge in [0.2, 0.25) is 0 Å². The van der Waals surface area contributed by atoms with Gasteiger partial charge in [0.1, 0.15) is 16.6 Å². The number of nitriles is 1. The fourth-order valence-corrected chi connectivity index (χ4v) is 3.47. The Morgan fingerprint density at radius 3 is 2.74 bits per heavy atom. The molecule has 102 valence electrons. The van der Waals surface area contributed by atoms with E-state index in [1.807, 2.05) is 13.8 Å². The van der Waals surface area contributed by atoms with Crippen LogP contribution < -0.4 is 16.4 Å². The monoisotopic (exact) mass is 278 g/mol. The van der Waals surface area contributed by atoms with E-state index < -0.39 is 0 Å². The number of nitrogens with zero attached hydrogens (tertiary/aromatic N) is 2. The zero-order valence-corrected chi connectivity index (χ0v) is 12.0. The molecule has 0 saturated carbocycles. The third-order valence-corrected chi connectivity index (χ3v) is 4.58. The Kier molecular flexibility index (Phi) is 3.78. The van der Waals surface area contributed by atoms with Crippen LogP contribution in [0.4, 0.5) is 10.7 Å². The fraction of sp³-hybridized carbons (Fsp3) is 0.538. The topological polar surface area (TPSA) is 96.1 Å². The van der Waals surface area contributed by atoms with Crippen LogP contribution in [0.25, 0.3) is 0 Å². The zero-order chi connectivity index (χ0) is 14.2. The van der Waals surface area contributed by atoms with Crippen molar-refractivity contribution >= 4 is 27.8 Å². The van der Waals surface area contributed by atoms with Gasteiger partial charge in [-0.25, -0.2) is 0 Å². The summed E-state index contributed by atoms with van der Waals surface area (Å²) in [4.78, 5) is 14.7. The van der Waals surface area contributed by atoms with Crippen molar-refractivity contribution in [3.8, 4) is 6.07 Å². The number of nitrogens with two attached hydrogens (primary N) is 2. The highest BCUT2D eigenvalue weighted by Crippen LogP contribution is 2.40. The highest BCUT2D eigenvalue weighted by molar-refractivity contribution is 7.19. The molecule has 4 N–H and O–H groups in total. The summed E-state index contributed by atoms with van der Waals surface area (Å²) in [6, 6.07) is 2.24. The molecule has 5 nitrogen and oxygen atoms in total. The highest BCUT2D eigenvalue weighted by Gasteiger charge is 2.28. The van der Waals surface area contributed by atoms with Gasteiger partial charge in [0.05, 0.1) is 10.6 Å². The predicted molar refractivity (Wildman–Crippen MR) is 77.4 cm³/mol. The van der Waals surface area contributed by atoms with Crippen molar-refractivity contribution in [3.05, 3.63) is 10.4 Å². The molecule has 6 heteroatoms. The molecule has 0 amide bonds. The molecule has 1 aliphatic heterocycles. The van der Waals surface area contributed by atoms with E-state index in [1.54, 1.807) is 0 Å². The van der Waals surface area contributed by atoms with Crippen molar-refractivity contribution in [1.82, 2.24) is 0 Å². The maximum absolute atomic E-state index is 12.1. The van der Waals surface area contributed by atoms with Crippen molar-refractivity contribution in [3.63, 3.8) is 0 Å². The smallest absolute Gasteiger partial charge is 0.177 e. The maximum Gasteiger partial charge on any atom is 0.177 e. The largest absolute Gasteiger partial charge is 0.396 e. The number of carbonyl (C=O) groups excluding carboxylic acids is 1. The molecule has 1 atom stereocenters. The average molecular weight is 278 g/mol. The summed E-state index contributed by atoms with van der Waals surface area (Å²) in [5.74, 6) is -0.130. The molecule has 1 fully saturated rings. The second-order valence-electron chi connectivity index (χ2n) is 5.15. The van der Waals surface area contributed by atoms with Gasteiger partial charge in [0.25, 0.3) is 0 Å². The lowest BCUT2D eigenvalue weighted by molar-refractivity contribution is 0.0944. The fourth-order valence-electron chi connectivity index (χ4n) is 2.18. The summed E-state index contributed by atoms with van der Waals surface area (Å²) in [5, 5.41) is 10.1. The summed E-state index contributed by atoms with van der Waals surface area (Å²) < 4.78 is 0. The molecule has 0 aliphatic carbocycles. The van der Waals surface area contributed by atoms with Crippen molar-refractivity contribution in [1.29, 1.82) is 5.26 Å². The summed E-state index contributed by atoms with van der Waals surface area (Å²) in [7, 11) is 0. The Hall–Kier alpha value is -1.58. The lowest BCUT2D eigenvalue weighted by Gasteiger charge is -2.15. The van der Waals surface area contributed by atoms with E-state index in [-0.39, 0.29) is 17.7 Å². The van der Waals surface area contributed by atoms with E-state index in [0.29, 0.717) is 22.7 Å². The van der Waals surface area contributed by atoms with Crippen molar-refractivity contribution in [2.24, 2.45) is 11.7 Å². The number of hydrogen-bond donors (Lipinski definition) is 2. The van der Waals surface area contributed by atoms with Gasteiger partial charge in [-0.15, -0.1) is 11.3 Å². The van der Waals surface area contributed by atoms with Gasteiger partial charge in [-0.1, -0.05) is 13.8 Å². The number of ketones is 1. The number of rotatable bonds is 3. The van der Waals surface area contributed by atoms with Gasteiger partial charge in [-0.2, -0.15) is 5.26 Å². The van der Waals surface area contributed by atoms with Crippen LogP contribution in [0, 0.1) is 17.2 Å². The molecule has 0 bridgehead atoms. The molecular weight excluding hydrogens is 260 g/mol. The van der Waals surface area contributed by atoms with Crippen LogP contribution in [-0.4, -0.2) is 24.9 Å². The first-order valence-electron chi connectivity index (χ1n) is 6.32. The Morgan fingerprint density at radius 1 is 1.58 bits per heavy atom. The number of Topliss-reactive ketones (excluding diaryl/α,β-unsaturated/α-hetero) is 1. The summed E-state index contributed by atoms with van der Waals surface area (Å²) in [6.45, 7) is 5.19. The summed E-state index contributed by atoms with van der Waals surface area (Å²) in [6.07, 6.45) is 0.899. The molecule has 2 rings (SSSR count). The van der Waals surface area contributed by atoms with Crippen LogP contribution in [-0.2, 0) is 0 Å². The number of nitrogen functional groups attached to an aromatic ring is 1. The Bertz CT molecular complexity index is 544. The van der Waals surface area contributed by atoms with Crippen molar-refractivity contribution < 1.29 is 4.79 Å². The molecule has 2 heterocycles. The number of carbonyl (C=O) groups is 1. The molecule has 1 saturated heterocycles. The van der Waals surface area contributed by atoms with E-state index in [2.05, 4.69) is 11.0 Å². The molecule has 0 radical (unpaired) electrons. The van der Waals surface area contributed by atoms with Crippen LogP contribution in [0.2, 0.25) is 0 Å². The predicted octanol–water partition coefficient (Wildman–Crippen LogP) is 1.58. The number of thiophene rings is 1. The third kappa shape index (κ3) is 2.44. The summed E-state index contributed by atoms with van der Waals surface area (Å²) in [5.41, 5.74) is 12.6. The van der Waals surface area contributed by atoms with Crippen LogP contribution in [0.15, 0.2) is 0 Å². The summed E-state index contributed by atoms with van der Waals surface area (Å²) >= 11 is 1.32. The van der Waals surface area contributed by atoms with Gasteiger partial charge in [-0.05, 0) is 6.42 Å². The van der Waals surface area contributed by atoms with E-state index in [9.17, 15) is 10.1 Å². The third-order valence-electron chi connectivity index (χ3n) is 3.30. The molecule has 0 spiro atoms. The Labute approximate surface area is 116 Å². The second-order valence-corrected chi connectivity index (χ2v) is 6.15. The Balaban J connectivity index is 2.43. The molecule has 1 aliphatic rings. The van der Waals surface area contributed by atoms with Crippen molar-refractivity contribution in [2.45, 2.75) is 26.3 Å². The molecule has 0 aromatic carbocycles. The van der Waals surface area contributed by atoms with Gasteiger partial charge >= 0.3 is 0 Å². The first kappa shape index (κ1) is 13.8. The lowest BCUT2D eigenvalue weighted by Crippen LogP contribution is -2.26. The first-order chi connectivity index (χ1) is 8.95. The van der Waals surface area contributed by atoms with Crippen LogP contribution in [0.1, 0.15) is 35.5 Å². The minimum Gasteiger partial charge on any atom is -0.396 e. The zero-order valence-electron chi connectivity index (χ0n) is 11.1. The molecule has 1 aromatic heterocycles. The highest BCUT2D eigenvalue weighted by atomic mass is 32.1. The van der Waals surface area contributed by atoms with Gasteiger partial charge in [0, 0.05) is 25.0 Å².